The lowest BCUT2D eigenvalue weighted by molar-refractivity contribution is -0.154. The van der Waals surface area contributed by atoms with Crippen LogP contribution in [-0.4, -0.2) is 35.2 Å². The van der Waals surface area contributed by atoms with Crippen molar-refractivity contribution >= 4 is 33.2 Å². The maximum absolute atomic E-state index is 12.2. The molecule has 0 aliphatic carbocycles. The van der Waals surface area contributed by atoms with Gasteiger partial charge in [-0.05, 0) is 32.9 Å². The first kappa shape index (κ1) is 14.5. The minimum absolute atomic E-state index is 0.0338. The Morgan fingerprint density at radius 3 is 2.59 bits per heavy atom. The topological polar surface area (TPSA) is 40.5 Å². The molecular formula is C9H9BrF3NO2S. The molecule has 3 nitrogen and oxygen atoms in total. The summed E-state index contributed by atoms with van der Waals surface area (Å²) in [4.78, 5) is 11.3. The summed E-state index contributed by atoms with van der Waals surface area (Å²) in [5.41, 5.74) is 0.660. The summed E-state index contributed by atoms with van der Waals surface area (Å²) in [7, 11) is 0. The van der Waals surface area contributed by atoms with Gasteiger partial charge in [0.2, 0.25) is 0 Å². The average molecular weight is 332 g/mol. The molecule has 0 aliphatic heterocycles. The summed E-state index contributed by atoms with van der Waals surface area (Å²) >= 11 is 4.54. The van der Waals surface area contributed by atoms with Crippen LogP contribution in [0.15, 0.2) is 15.2 Å². The third kappa shape index (κ3) is 6.04. The summed E-state index contributed by atoms with van der Waals surface area (Å²) in [6.07, 6.45) is -4.40. The highest BCUT2D eigenvalue weighted by Gasteiger charge is 2.31. The minimum Gasteiger partial charge on any atom is -0.480 e. The maximum Gasteiger partial charge on any atom is 0.401 e. The van der Waals surface area contributed by atoms with Crippen LogP contribution in [-0.2, 0) is 11.3 Å². The van der Waals surface area contributed by atoms with Crippen LogP contribution >= 0.6 is 27.3 Å². The fourth-order valence-corrected chi connectivity index (χ4v) is 2.50. The second kappa shape index (κ2) is 5.83. The second-order valence-corrected chi connectivity index (χ2v) is 5.70. The quantitative estimate of drug-likeness (QED) is 0.901. The van der Waals surface area contributed by atoms with Gasteiger partial charge < -0.3 is 5.11 Å². The van der Waals surface area contributed by atoms with Crippen LogP contribution in [0.3, 0.4) is 0 Å². The smallest absolute Gasteiger partial charge is 0.401 e. The van der Waals surface area contributed by atoms with E-state index in [0.717, 1.165) is 8.69 Å². The van der Waals surface area contributed by atoms with Crippen LogP contribution in [0, 0.1) is 0 Å². The van der Waals surface area contributed by atoms with Gasteiger partial charge in [0.25, 0.3) is 0 Å². The van der Waals surface area contributed by atoms with Gasteiger partial charge in [0, 0.05) is 6.54 Å². The van der Waals surface area contributed by atoms with Crippen molar-refractivity contribution in [2.75, 3.05) is 13.1 Å². The number of alkyl halides is 3. The molecule has 1 N–H and O–H groups in total. The molecule has 96 valence electrons. The van der Waals surface area contributed by atoms with E-state index in [1.54, 1.807) is 11.4 Å². The summed E-state index contributed by atoms with van der Waals surface area (Å²) in [5, 5.41) is 10.2. The molecule has 17 heavy (non-hydrogen) atoms. The zero-order chi connectivity index (χ0) is 13.1. The van der Waals surface area contributed by atoms with E-state index in [4.69, 9.17) is 5.11 Å². The first-order valence-corrected chi connectivity index (χ1v) is 6.17. The van der Waals surface area contributed by atoms with Crippen LogP contribution in [0.4, 0.5) is 13.2 Å². The number of hydrogen-bond donors (Lipinski definition) is 1. The highest BCUT2D eigenvalue weighted by molar-refractivity contribution is 9.11. The fraction of sp³-hybridized carbons (Fsp3) is 0.444. The molecule has 0 atom stereocenters. The molecule has 0 fully saturated rings. The fourth-order valence-electron chi connectivity index (χ4n) is 1.30. The molecule has 0 amide bonds. The van der Waals surface area contributed by atoms with Gasteiger partial charge in [-0.3, -0.25) is 9.69 Å². The third-order valence-electron chi connectivity index (χ3n) is 1.79. The number of aliphatic carboxylic acids is 1. The van der Waals surface area contributed by atoms with Gasteiger partial charge >= 0.3 is 12.1 Å². The van der Waals surface area contributed by atoms with Crippen LogP contribution in [0.25, 0.3) is 0 Å². The monoisotopic (exact) mass is 331 g/mol. The molecule has 0 aromatic carbocycles. The van der Waals surface area contributed by atoms with E-state index in [2.05, 4.69) is 15.9 Å². The first-order chi connectivity index (χ1) is 7.76. The standard InChI is InChI=1S/C9H9BrF3NO2S/c10-7-1-6(4-17-7)2-14(3-8(15)16)5-9(11,12)13/h1,4H,2-3,5H2,(H,15,16). The number of thiophene rings is 1. The first-order valence-electron chi connectivity index (χ1n) is 4.50. The van der Waals surface area contributed by atoms with Crippen molar-refractivity contribution < 1.29 is 23.1 Å². The molecular weight excluding hydrogens is 323 g/mol. The van der Waals surface area contributed by atoms with E-state index in [0.29, 0.717) is 5.56 Å². The molecule has 0 unspecified atom stereocenters. The number of rotatable bonds is 5. The van der Waals surface area contributed by atoms with E-state index < -0.39 is 25.2 Å². The molecule has 0 spiro atoms. The van der Waals surface area contributed by atoms with Crippen molar-refractivity contribution in [2.24, 2.45) is 0 Å². The lowest BCUT2D eigenvalue weighted by Crippen LogP contribution is -2.37. The van der Waals surface area contributed by atoms with Crippen LogP contribution in [0.5, 0.6) is 0 Å². The average Bonchev–Trinajstić information content (AvgIpc) is 2.46. The van der Waals surface area contributed by atoms with Crippen LogP contribution in [0.1, 0.15) is 5.56 Å². The van der Waals surface area contributed by atoms with Crippen molar-refractivity contribution in [1.82, 2.24) is 4.90 Å². The zero-order valence-corrected chi connectivity index (χ0v) is 10.9. The Kier molecular flexibility index (Phi) is 4.96. The Labute approximate surface area is 108 Å². The van der Waals surface area contributed by atoms with E-state index in [1.165, 1.54) is 11.3 Å². The van der Waals surface area contributed by atoms with Gasteiger partial charge in [-0.15, -0.1) is 11.3 Å². The minimum atomic E-state index is -4.40. The summed E-state index contributed by atoms with van der Waals surface area (Å²) in [6, 6.07) is 1.68. The van der Waals surface area contributed by atoms with E-state index in [-0.39, 0.29) is 6.54 Å². The number of hydrogen-bond acceptors (Lipinski definition) is 3. The van der Waals surface area contributed by atoms with Crippen molar-refractivity contribution in [1.29, 1.82) is 0 Å². The van der Waals surface area contributed by atoms with Gasteiger partial charge in [-0.2, -0.15) is 13.2 Å². The molecule has 1 rings (SSSR count). The normalized spacial score (nSPS) is 12.1. The van der Waals surface area contributed by atoms with Crippen molar-refractivity contribution in [2.45, 2.75) is 12.7 Å². The van der Waals surface area contributed by atoms with Crippen molar-refractivity contribution in [3.8, 4) is 0 Å². The summed E-state index contributed by atoms with van der Waals surface area (Å²) in [6.45, 7) is -1.90. The molecule has 1 heterocycles. The Hall–Kier alpha value is -0.600. The molecule has 8 heteroatoms. The predicted octanol–water partition coefficient (Wildman–Crippen LogP) is 2.96. The molecule has 0 bridgehead atoms. The largest absolute Gasteiger partial charge is 0.480 e. The number of halogens is 4. The van der Waals surface area contributed by atoms with E-state index in [1.807, 2.05) is 0 Å². The number of carboxylic acids is 1. The van der Waals surface area contributed by atoms with Crippen LogP contribution in [0.2, 0.25) is 0 Å². The maximum atomic E-state index is 12.2. The molecule has 0 saturated carbocycles. The highest BCUT2D eigenvalue weighted by Crippen LogP contribution is 2.23. The van der Waals surface area contributed by atoms with Gasteiger partial charge in [-0.25, -0.2) is 0 Å². The van der Waals surface area contributed by atoms with Gasteiger partial charge in [-0.1, -0.05) is 0 Å². The zero-order valence-electron chi connectivity index (χ0n) is 8.50. The van der Waals surface area contributed by atoms with Gasteiger partial charge in [0.15, 0.2) is 0 Å². The SMILES string of the molecule is O=C(O)CN(Cc1csc(Br)c1)CC(F)(F)F. The summed E-state index contributed by atoms with van der Waals surface area (Å²) < 4.78 is 37.5. The number of carboxylic acid groups (broad SMARTS) is 1. The van der Waals surface area contributed by atoms with E-state index in [9.17, 15) is 18.0 Å². The van der Waals surface area contributed by atoms with Crippen LogP contribution < -0.4 is 0 Å². The highest BCUT2D eigenvalue weighted by atomic mass is 79.9. The van der Waals surface area contributed by atoms with E-state index >= 15 is 0 Å². The Bertz CT molecular complexity index is 394. The number of nitrogens with zero attached hydrogens (tertiary/aromatic N) is 1. The van der Waals surface area contributed by atoms with Crippen molar-refractivity contribution in [3.05, 3.63) is 20.8 Å². The van der Waals surface area contributed by atoms with Gasteiger partial charge in [0.05, 0.1) is 16.9 Å². The van der Waals surface area contributed by atoms with Crippen molar-refractivity contribution in [3.63, 3.8) is 0 Å². The number of carbonyl (C=O) groups is 1. The second-order valence-electron chi connectivity index (χ2n) is 3.41. The summed E-state index contributed by atoms with van der Waals surface area (Å²) in [5.74, 6) is -1.27. The predicted molar refractivity (Wildman–Crippen MR) is 61.0 cm³/mol. The Balaban J connectivity index is 2.66. The lowest BCUT2D eigenvalue weighted by Gasteiger charge is -2.21. The molecule has 1 aromatic rings. The third-order valence-corrected chi connectivity index (χ3v) is 3.34. The van der Waals surface area contributed by atoms with Gasteiger partial charge in [0.1, 0.15) is 0 Å². The lowest BCUT2D eigenvalue weighted by atomic mass is 10.3. The Morgan fingerprint density at radius 1 is 1.53 bits per heavy atom. The molecule has 0 saturated heterocycles. The Morgan fingerprint density at radius 2 is 2.18 bits per heavy atom. The molecule has 0 aliphatic rings. The molecule has 1 aromatic heterocycles. The molecule has 0 radical (unpaired) electrons.